The third kappa shape index (κ3) is 3.33. The Morgan fingerprint density at radius 3 is 3.00 bits per heavy atom. The third-order valence-electron chi connectivity index (χ3n) is 2.70. The molecule has 0 saturated carbocycles. The number of piperidine rings is 1. The maximum Gasteiger partial charge on any atom is 0.0635 e. The first-order valence-electron chi connectivity index (χ1n) is 5.20. The molecule has 0 bridgehead atoms. The van der Waals surface area contributed by atoms with E-state index >= 15 is 0 Å². The van der Waals surface area contributed by atoms with Gasteiger partial charge in [-0.3, -0.25) is 4.90 Å². The van der Waals surface area contributed by atoms with Crippen molar-refractivity contribution in [1.29, 1.82) is 5.26 Å². The molecule has 1 aliphatic heterocycles. The third-order valence-corrected chi connectivity index (χ3v) is 2.70. The number of hydrogen-bond acceptors (Lipinski definition) is 3. The smallest absolute Gasteiger partial charge is 0.0635 e. The molecule has 3 nitrogen and oxygen atoms in total. The number of hydrogen-bond donors (Lipinski definition) is 1. The van der Waals surface area contributed by atoms with Crippen molar-refractivity contribution in [3.63, 3.8) is 0 Å². The van der Waals surface area contributed by atoms with E-state index in [1.54, 1.807) is 0 Å². The highest BCUT2D eigenvalue weighted by Crippen LogP contribution is 2.10. The zero-order chi connectivity index (χ0) is 9.52. The predicted octanol–water partition coefficient (Wildman–Crippen LogP) is 0.974. The van der Waals surface area contributed by atoms with Gasteiger partial charge in [0.15, 0.2) is 0 Å². The Bertz CT molecular complexity index is 167. The van der Waals surface area contributed by atoms with Gasteiger partial charge in [-0.05, 0) is 25.9 Å². The summed E-state index contributed by atoms with van der Waals surface area (Å²) in [6, 6.07) is 2.87. The number of nitrogens with one attached hydrogen (secondary N) is 1. The second-order valence-electron chi connectivity index (χ2n) is 3.54. The van der Waals surface area contributed by atoms with Crippen LogP contribution in [0.25, 0.3) is 0 Å². The molecule has 1 unspecified atom stereocenters. The summed E-state index contributed by atoms with van der Waals surface area (Å²) < 4.78 is 0. The molecule has 1 heterocycles. The molecule has 1 rings (SSSR count). The Hall–Kier alpha value is -0.590. The molecule has 74 valence electrons. The van der Waals surface area contributed by atoms with E-state index in [1.165, 1.54) is 12.8 Å². The van der Waals surface area contributed by atoms with E-state index in [1.807, 2.05) is 0 Å². The first-order chi connectivity index (χ1) is 6.38. The normalized spacial score (nSPS) is 23.0. The molecule has 3 heteroatoms. The van der Waals surface area contributed by atoms with Gasteiger partial charge in [-0.25, -0.2) is 0 Å². The highest BCUT2D eigenvalue weighted by Gasteiger charge is 2.18. The van der Waals surface area contributed by atoms with Crippen LogP contribution in [0.2, 0.25) is 0 Å². The molecule has 0 amide bonds. The topological polar surface area (TPSA) is 39.1 Å². The largest absolute Gasteiger partial charge is 0.315 e. The molecule has 0 aromatic carbocycles. The van der Waals surface area contributed by atoms with Crippen LogP contribution < -0.4 is 5.32 Å². The van der Waals surface area contributed by atoms with Gasteiger partial charge in [0.1, 0.15) is 0 Å². The molecule has 1 aliphatic rings. The molecule has 0 aromatic rings. The fourth-order valence-electron chi connectivity index (χ4n) is 1.94. The molecule has 0 spiro atoms. The summed E-state index contributed by atoms with van der Waals surface area (Å²) in [5.74, 6) is 0. The lowest BCUT2D eigenvalue weighted by Gasteiger charge is -2.33. The van der Waals surface area contributed by atoms with E-state index in [9.17, 15) is 0 Å². The Kier molecular flexibility index (Phi) is 4.81. The minimum atomic E-state index is 0.657. The second kappa shape index (κ2) is 5.95. The standard InChI is InChI=1S/C10H19N3/c1-2-13(8-4-6-11)10-5-3-7-12-9-10/h10,12H,2-5,7-9H2,1H3. The van der Waals surface area contributed by atoms with Gasteiger partial charge in [-0.1, -0.05) is 6.92 Å². The molecule has 13 heavy (non-hydrogen) atoms. The predicted molar refractivity (Wildman–Crippen MR) is 53.4 cm³/mol. The van der Waals surface area contributed by atoms with E-state index in [-0.39, 0.29) is 0 Å². The van der Waals surface area contributed by atoms with E-state index in [4.69, 9.17) is 5.26 Å². The average molecular weight is 181 g/mol. The van der Waals surface area contributed by atoms with Gasteiger partial charge >= 0.3 is 0 Å². The van der Waals surface area contributed by atoms with Gasteiger partial charge in [-0.2, -0.15) is 5.26 Å². The van der Waals surface area contributed by atoms with E-state index < -0.39 is 0 Å². The van der Waals surface area contributed by atoms with Crippen molar-refractivity contribution < 1.29 is 0 Å². The van der Waals surface area contributed by atoms with Crippen molar-refractivity contribution in [3.05, 3.63) is 0 Å². The lowest BCUT2D eigenvalue weighted by molar-refractivity contribution is 0.177. The number of rotatable bonds is 4. The van der Waals surface area contributed by atoms with Gasteiger partial charge in [0.2, 0.25) is 0 Å². The summed E-state index contributed by atoms with van der Waals surface area (Å²) in [5, 5.41) is 11.9. The maximum atomic E-state index is 8.52. The van der Waals surface area contributed by atoms with Crippen LogP contribution in [-0.2, 0) is 0 Å². The Morgan fingerprint density at radius 1 is 1.62 bits per heavy atom. The van der Waals surface area contributed by atoms with Crippen LogP contribution in [0.1, 0.15) is 26.2 Å². The fourth-order valence-corrected chi connectivity index (χ4v) is 1.94. The Morgan fingerprint density at radius 2 is 2.46 bits per heavy atom. The summed E-state index contributed by atoms with van der Waals surface area (Å²) in [6.07, 6.45) is 3.21. The average Bonchev–Trinajstić information content (AvgIpc) is 2.21. The molecule has 1 atom stereocenters. The van der Waals surface area contributed by atoms with Gasteiger partial charge in [0.05, 0.1) is 6.07 Å². The van der Waals surface area contributed by atoms with Crippen LogP contribution in [0.4, 0.5) is 0 Å². The first kappa shape index (κ1) is 10.5. The minimum Gasteiger partial charge on any atom is -0.315 e. The summed E-state index contributed by atoms with van der Waals surface area (Å²) in [6.45, 7) is 6.42. The molecule has 0 aliphatic carbocycles. The van der Waals surface area contributed by atoms with Crippen LogP contribution in [0.3, 0.4) is 0 Å². The second-order valence-corrected chi connectivity index (χ2v) is 3.54. The number of likely N-dealkylation sites (N-methyl/N-ethyl adjacent to an activating group) is 1. The summed E-state index contributed by atoms with van der Waals surface area (Å²) >= 11 is 0. The fraction of sp³-hybridized carbons (Fsp3) is 0.900. The van der Waals surface area contributed by atoms with Gasteiger partial charge in [0, 0.05) is 25.6 Å². The molecule has 0 aromatic heterocycles. The molecule has 0 radical (unpaired) electrons. The van der Waals surface area contributed by atoms with Crippen molar-refractivity contribution in [1.82, 2.24) is 10.2 Å². The van der Waals surface area contributed by atoms with Gasteiger partial charge in [0.25, 0.3) is 0 Å². The van der Waals surface area contributed by atoms with Gasteiger partial charge in [-0.15, -0.1) is 0 Å². The Labute approximate surface area is 80.7 Å². The number of nitrogens with zero attached hydrogens (tertiary/aromatic N) is 2. The summed E-state index contributed by atoms with van der Waals surface area (Å²) in [4.78, 5) is 2.41. The monoisotopic (exact) mass is 181 g/mol. The lowest BCUT2D eigenvalue weighted by atomic mass is 10.1. The van der Waals surface area contributed by atoms with Crippen LogP contribution in [-0.4, -0.2) is 37.1 Å². The molecular weight excluding hydrogens is 162 g/mol. The maximum absolute atomic E-state index is 8.52. The van der Waals surface area contributed by atoms with Crippen molar-refractivity contribution in [2.75, 3.05) is 26.2 Å². The van der Waals surface area contributed by atoms with Crippen molar-refractivity contribution >= 4 is 0 Å². The SMILES string of the molecule is CCN(CCC#N)C1CCCNC1. The highest BCUT2D eigenvalue weighted by molar-refractivity contribution is 4.80. The Balaban J connectivity index is 2.31. The molecular formula is C10H19N3. The first-order valence-corrected chi connectivity index (χ1v) is 5.20. The zero-order valence-corrected chi connectivity index (χ0v) is 8.42. The van der Waals surface area contributed by atoms with Gasteiger partial charge < -0.3 is 5.32 Å². The van der Waals surface area contributed by atoms with E-state index in [0.717, 1.165) is 26.2 Å². The van der Waals surface area contributed by atoms with Crippen molar-refractivity contribution in [3.8, 4) is 6.07 Å². The quantitative estimate of drug-likeness (QED) is 0.702. The molecule has 1 saturated heterocycles. The molecule has 1 fully saturated rings. The minimum absolute atomic E-state index is 0.657. The van der Waals surface area contributed by atoms with Crippen LogP contribution in [0.15, 0.2) is 0 Å². The van der Waals surface area contributed by atoms with Crippen molar-refractivity contribution in [2.24, 2.45) is 0 Å². The van der Waals surface area contributed by atoms with Crippen molar-refractivity contribution in [2.45, 2.75) is 32.2 Å². The number of nitriles is 1. The van der Waals surface area contributed by atoms with E-state index in [2.05, 4.69) is 23.2 Å². The van der Waals surface area contributed by atoms with Crippen LogP contribution in [0, 0.1) is 11.3 Å². The van der Waals surface area contributed by atoms with E-state index in [0.29, 0.717) is 12.5 Å². The summed E-state index contributed by atoms with van der Waals surface area (Å²) in [5.41, 5.74) is 0. The highest BCUT2D eigenvalue weighted by atomic mass is 15.2. The van der Waals surface area contributed by atoms with Crippen LogP contribution in [0.5, 0.6) is 0 Å². The lowest BCUT2D eigenvalue weighted by Crippen LogP contribution is -2.46. The molecule has 1 N–H and O–H groups in total. The summed E-state index contributed by atoms with van der Waals surface area (Å²) in [7, 11) is 0. The van der Waals surface area contributed by atoms with Crippen LogP contribution >= 0.6 is 0 Å². The zero-order valence-electron chi connectivity index (χ0n) is 8.42.